The zero-order chi connectivity index (χ0) is 18.2. The van der Waals surface area contributed by atoms with E-state index in [1.807, 2.05) is 53.9 Å². The van der Waals surface area contributed by atoms with Gasteiger partial charge in [0, 0.05) is 10.9 Å². The molecule has 3 aromatic carbocycles. The smallest absolute Gasteiger partial charge is 0.348 e. The summed E-state index contributed by atoms with van der Waals surface area (Å²) in [6, 6.07) is 24.2. The summed E-state index contributed by atoms with van der Waals surface area (Å²) in [6.07, 6.45) is 0.491. The van der Waals surface area contributed by atoms with Crippen LogP contribution in [0.15, 0.2) is 87.4 Å². The van der Waals surface area contributed by atoms with Gasteiger partial charge < -0.3 is 4.42 Å². The molecule has 0 aliphatic carbocycles. The second-order valence-electron chi connectivity index (χ2n) is 6.41. The minimum absolute atomic E-state index is 0.324. The van der Waals surface area contributed by atoms with Crippen LogP contribution in [0, 0.1) is 0 Å². The molecular formula is C23H15NO2S. The first-order valence-corrected chi connectivity index (χ1v) is 9.61. The molecule has 0 aliphatic heterocycles. The summed E-state index contributed by atoms with van der Waals surface area (Å²) in [5, 5.41) is 4.86. The summed E-state index contributed by atoms with van der Waals surface area (Å²) in [5.41, 5.74) is 2.66. The van der Waals surface area contributed by atoms with Crippen LogP contribution >= 0.6 is 11.3 Å². The van der Waals surface area contributed by atoms with Crippen molar-refractivity contribution >= 4 is 32.3 Å². The highest BCUT2D eigenvalue weighted by molar-refractivity contribution is 7.17. The van der Waals surface area contributed by atoms with Gasteiger partial charge in [-0.2, -0.15) is 0 Å². The zero-order valence-corrected chi connectivity index (χ0v) is 15.2. The highest BCUT2D eigenvalue weighted by Crippen LogP contribution is 2.31. The quantitative estimate of drug-likeness (QED) is 0.412. The first-order chi connectivity index (χ1) is 13.3. The molecule has 0 fully saturated rings. The molecule has 3 nitrogen and oxygen atoms in total. The minimum Gasteiger partial charge on any atom is -0.407 e. The third-order valence-corrected chi connectivity index (χ3v) is 5.59. The molecule has 0 aliphatic rings. The van der Waals surface area contributed by atoms with E-state index in [1.165, 1.54) is 16.7 Å². The summed E-state index contributed by atoms with van der Waals surface area (Å²) in [6.45, 7) is 0. The lowest BCUT2D eigenvalue weighted by Gasteiger charge is -2.05. The Hall–Kier alpha value is -3.24. The van der Waals surface area contributed by atoms with Crippen LogP contribution in [0.1, 0.15) is 11.5 Å². The topological polar surface area (TPSA) is 43.1 Å². The number of thiophene rings is 1. The first kappa shape index (κ1) is 16.0. The van der Waals surface area contributed by atoms with Crippen molar-refractivity contribution in [3.8, 4) is 11.1 Å². The Bertz CT molecular complexity index is 1310. The molecule has 2 aromatic heterocycles. The minimum atomic E-state index is -0.324. The molecule has 27 heavy (non-hydrogen) atoms. The molecule has 0 unspecified atom stereocenters. The van der Waals surface area contributed by atoms with Crippen molar-refractivity contribution in [2.75, 3.05) is 0 Å². The van der Waals surface area contributed by atoms with Gasteiger partial charge >= 0.3 is 5.63 Å². The Kier molecular flexibility index (Phi) is 3.84. The number of hydrogen-bond acceptors (Lipinski definition) is 4. The van der Waals surface area contributed by atoms with Crippen LogP contribution in [0.25, 0.3) is 32.1 Å². The van der Waals surface area contributed by atoms with Gasteiger partial charge in [0.1, 0.15) is 10.2 Å². The highest BCUT2D eigenvalue weighted by Gasteiger charge is 2.15. The summed E-state index contributed by atoms with van der Waals surface area (Å²) >= 11 is 1.48. The van der Waals surface area contributed by atoms with Gasteiger partial charge in [0.2, 0.25) is 5.89 Å². The molecule has 0 saturated carbocycles. The Labute approximate surface area is 159 Å². The average Bonchev–Trinajstić information content (AvgIpc) is 3.14. The SMILES string of the molecule is O=c1oc(Cc2cccc3ccccc23)nc2scc(-c3ccccc3)c12. The zero-order valence-electron chi connectivity index (χ0n) is 14.4. The Balaban J connectivity index is 1.60. The fourth-order valence-corrected chi connectivity index (χ4v) is 4.39. The molecule has 0 radical (unpaired) electrons. The molecule has 4 heteroatoms. The number of benzene rings is 3. The third-order valence-electron chi connectivity index (χ3n) is 4.72. The molecule has 0 N–H and O–H groups in total. The van der Waals surface area contributed by atoms with Crippen LogP contribution in [0.4, 0.5) is 0 Å². The molecule has 5 rings (SSSR count). The van der Waals surface area contributed by atoms with Gasteiger partial charge in [-0.15, -0.1) is 11.3 Å². The van der Waals surface area contributed by atoms with E-state index in [0.717, 1.165) is 26.9 Å². The summed E-state index contributed by atoms with van der Waals surface area (Å²) in [4.78, 5) is 18.1. The van der Waals surface area contributed by atoms with E-state index in [0.29, 0.717) is 17.7 Å². The second kappa shape index (κ2) is 6.49. The molecular weight excluding hydrogens is 354 g/mol. The van der Waals surface area contributed by atoms with E-state index in [2.05, 4.69) is 29.2 Å². The highest BCUT2D eigenvalue weighted by atomic mass is 32.1. The molecule has 0 saturated heterocycles. The van der Waals surface area contributed by atoms with E-state index in [-0.39, 0.29) is 5.63 Å². The average molecular weight is 369 g/mol. The van der Waals surface area contributed by atoms with Gasteiger partial charge in [-0.05, 0) is 21.9 Å². The number of nitrogens with zero attached hydrogens (tertiary/aromatic N) is 1. The lowest BCUT2D eigenvalue weighted by atomic mass is 10.0. The predicted molar refractivity (Wildman–Crippen MR) is 110 cm³/mol. The van der Waals surface area contributed by atoms with Crippen molar-refractivity contribution < 1.29 is 4.42 Å². The van der Waals surface area contributed by atoms with Crippen LogP contribution in [0.3, 0.4) is 0 Å². The maximum Gasteiger partial charge on any atom is 0.348 e. The lowest BCUT2D eigenvalue weighted by Crippen LogP contribution is -2.05. The third kappa shape index (κ3) is 2.84. The van der Waals surface area contributed by atoms with Crippen molar-refractivity contribution in [2.45, 2.75) is 6.42 Å². The van der Waals surface area contributed by atoms with Crippen molar-refractivity contribution in [2.24, 2.45) is 0 Å². The maximum absolute atomic E-state index is 12.7. The largest absolute Gasteiger partial charge is 0.407 e. The fraction of sp³-hybridized carbons (Fsp3) is 0.0435. The van der Waals surface area contributed by atoms with E-state index >= 15 is 0 Å². The predicted octanol–water partition coefficient (Wildman–Crippen LogP) is 5.66. The van der Waals surface area contributed by atoms with Crippen molar-refractivity contribution in [3.05, 3.63) is 100 Å². The normalized spacial score (nSPS) is 11.3. The van der Waals surface area contributed by atoms with Crippen molar-refractivity contribution in [3.63, 3.8) is 0 Å². The Morgan fingerprint density at radius 1 is 0.889 bits per heavy atom. The van der Waals surface area contributed by atoms with Gasteiger partial charge in [-0.3, -0.25) is 0 Å². The molecule has 2 heterocycles. The van der Waals surface area contributed by atoms with Crippen molar-refractivity contribution in [1.29, 1.82) is 0 Å². The van der Waals surface area contributed by atoms with Crippen molar-refractivity contribution in [1.82, 2.24) is 4.98 Å². The van der Waals surface area contributed by atoms with Crippen LogP contribution < -0.4 is 5.63 Å². The van der Waals surface area contributed by atoms with E-state index in [1.54, 1.807) is 0 Å². The van der Waals surface area contributed by atoms with Gasteiger partial charge in [0.15, 0.2) is 0 Å². The number of fused-ring (bicyclic) bond motifs is 2. The van der Waals surface area contributed by atoms with Gasteiger partial charge in [0.05, 0.1) is 6.42 Å². The molecule has 130 valence electrons. The summed E-state index contributed by atoms with van der Waals surface area (Å²) in [7, 11) is 0. The molecule has 0 bridgehead atoms. The van der Waals surface area contributed by atoms with E-state index < -0.39 is 0 Å². The number of aromatic nitrogens is 1. The lowest BCUT2D eigenvalue weighted by molar-refractivity contribution is 0.455. The summed E-state index contributed by atoms with van der Waals surface area (Å²) in [5.74, 6) is 0.449. The maximum atomic E-state index is 12.7. The van der Waals surface area contributed by atoms with Crippen LogP contribution in [0.2, 0.25) is 0 Å². The number of hydrogen-bond donors (Lipinski definition) is 0. The van der Waals surface area contributed by atoms with Gasteiger partial charge in [-0.25, -0.2) is 9.78 Å². The van der Waals surface area contributed by atoms with Crippen LogP contribution in [0.5, 0.6) is 0 Å². The van der Waals surface area contributed by atoms with Gasteiger partial charge in [-0.1, -0.05) is 72.8 Å². The first-order valence-electron chi connectivity index (χ1n) is 8.73. The van der Waals surface area contributed by atoms with Gasteiger partial charge in [0.25, 0.3) is 0 Å². The summed E-state index contributed by atoms with van der Waals surface area (Å²) < 4.78 is 5.60. The Morgan fingerprint density at radius 3 is 2.56 bits per heavy atom. The standard InChI is InChI=1S/C23H15NO2S/c25-23-21-19(16-7-2-1-3-8-16)14-27-22(21)24-20(26-23)13-17-11-6-10-15-9-4-5-12-18(15)17/h1-12,14H,13H2. The monoisotopic (exact) mass is 369 g/mol. The van der Waals surface area contributed by atoms with E-state index in [9.17, 15) is 4.79 Å². The molecule has 0 amide bonds. The molecule has 5 aromatic rings. The van der Waals surface area contributed by atoms with E-state index in [4.69, 9.17) is 4.42 Å². The number of rotatable bonds is 3. The molecule has 0 spiro atoms. The fourth-order valence-electron chi connectivity index (χ4n) is 3.44. The van der Waals surface area contributed by atoms with Crippen LogP contribution in [-0.4, -0.2) is 4.98 Å². The molecule has 0 atom stereocenters. The van der Waals surface area contributed by atoms with Crippen LogP contribution in [-0.2, 0) is 6.42 Å². The second-order valence-corrected chi connectivity index (χ2v) is 7.26. The Morgan fingerprint density at radius 2 is 1.67 bits per heavy atom.